The monoisotopic (exact) mass is 180 g/mol. The molecule has 0 N–H and O–H groups in total. The molecule has 1 rings (SSSR count). The van der Waals surface area contributed by atoms with Crippen molar-refractivity contribution in [3.8, 4) is 0 Å². The van der Waals surface area contributed by atoms with E-state index in [-0.39, 0.29) is 0 Å². The van der Waals surface area contributed by atoms with E-state index in [1.54, 1.807) is 0 Å². The molecule has 0 aliphatic heterocycles. The lowest BCUT2D eigenvalue weighted by Crippen LogP contribution is -1.98. The van der Waals surface area contributed by atoms with Gasteiger partial charge in [-0.1, -0.05) is 27.7 Å². The Labute approximate surface area is 81.4 Å². The zero-order chi connectivity index (χ0) is 10.3. The molecule has 0 bridgehead atoms. The van der Waals surface area contributed by atoms with E-state index in [0.717, 1.165) is 17.8 Å². The van der Waals surface area contributed by atoms with E-state index in [2.05, 4.69) is 23.8 Å². The minimum atomic E-state index is 0.659. The third-order valence-electron chi connectivity index (χ3n) is 1.45. The van der Waals surface area contributed by atoms with Crippen molar-refractivity contribution < 1.29 is 0 Å². The van der Waals surface area contributed by atoms with E-state index < -0.39 is 0 Å². The van der Waals surface area contributed by atoms with Gasteiger partial charge in [-0.2, -0.15) is 0 Å². The highest BCUT2D eigenvalue weighted by Crippen LogP contribution is 2.03. The molecule has 2 nitrogen and oxygen atoms in total. The van der Waals surface area contributed by atoms with Crippen molar-refractivity contribution in [1.82, 2.24) is 9.97 Å². The number of aryl methyl sites for hydroxylation is 1. The molecule has 0 atom stereocenters. The fourth-order valence-corrected chi connectivity index (χ4v) is 0.943. The molecule has 1 heterocycles. The molecule has 1 aromatic heterocycles. The Balaban J connectivity index is 0.000000671. The fourth-order valence-electron chi connectivity index (χ4n) is 0.943. The first-order chi connectivity index (χ1) is 6.18. The van der Waals surface area contributed by atoms with Gasteiger partial charge in [-0.15, -0.1) is 0 Å². The molecule has 0 spiro atoms. The number of hydrogen-bond acceptors (Lipinski definition) is 2. The summed E-state index contributed by atoms with van der Waals surface area (Å²) < 4.78 is 0. The van der Waals surface area contributed by atoms with Gasteiger partial charge in [0.25, 0.3) is 0 Å². The lowest BCUT2D eigenvalue weighted by molar-refractivity contribution is 0.632. The number of aromatic nitrogens is 2. The van der Waals surface area contributed by atoms with Crippen molar-refractivity contribution in [3.63, 3.8) is 0 Å². The predicted molar refractivity (Wildman–Crippen MR) is 56.7 cm³/mol. The van der Waals surface area contributed by atoms with Crippen LogP contribution in [-0.2, 0) is 6.42 Å². The van der Waals surface area contributed by atoms with Gasteiger partial charge in [0.15, 0.2) is 0 Å². The highest BCUT2D eigenvalue weighted by molar-refractivity contribution is 5.00. The van der Waals surface area contributed by atoms with Crippen LogP contribution in [0.3, 0.4) is 0 Å². The van der Waals surface area contributed by atoms with E-state index >= 15 is 0 Å². The van der Waals surface area contributed by atoms with Gasteiger partial charge in [0.2, 0.25) is 0 Å². The van der Waals surface area contributed by atoms with Gasteiger partial charge in [0.05, 0.1) is 11.4 Å². The first kappa shape index (κ1) is 12.1. The van der Waals surface area contributed by atoms with Crippen molar-refractivity contribution >= 4 is 0 Å². The Kier molecular flexibility index (Phi) is 6.11. The fraction of sp³-hybridized carbons (Fsp3) is 0.636. The summed E-state index contributed by atoms with van der Waals surface area (Å²) in [5, 5.41) is 0. The summed E-state index contributed by atoms with van der Waals surface area (Å²) in [6.07, 6.45) is 4.69. The molecule has 0 aliphatic carbocycles. The minimum absolute atomic E-state index is 0.659. The van der Waals surface area contributed by atoms with Crippen LogP contribution in [0.15, 0.2) is 12.4 Å². The Morgan fingerprint density at radius 1 is 1.15 bits per heavy atom. The normalized spacial score (nSPS) is 9.38. The van der Waals surface area contributed by atoms with E-state index in [4.69, 9.17) is 0 Å². The van der Waals surface area contributed by atoms with Gasteiger partial charge in [0.1, 0.15) is 0 Å². The van der Waals surface area contributed by atoms with Gasteiger partial charge < -0.3 is 0 Å². The average molecular weight is 180 g/mol. The first-order valence-electron chi connectivity index (χ1n) is 4.96. The molecule has 0 fully saturated rings. The first-order valence-corrected chi connectivity index (χ1v) is 4.96. The molecule has 0 saturated carbocycles. The van der Waals surface area contributed by atoms with Gasteiger partial charge in [-0.3, -0.25) is 9.97 Å². The summed E-state index contributed by atoms with van der Waals surface area (Å²) in [6, 6.07) is 0. The highest BCUT2D eigenvalue weighted by atomic mass is 14.8. The Morgan fingerprint density at radius 2 is 1.77 bits per heavy atom. The summed E-state index contributed by atoms with van der Waals surface area (Å²) in [5.41, 5.74) is 2.07. The summed E-state index contributed by atoms with van der Waals surface area (Å²) in [4.78, 5) is 8.43. The highest BCUT2D eigenvalue weighted by Gasteiger charge is 1.97. The second-order valence-electron chi connectivity index (χ2n) is 3.25. The summed E-state index contributed by atoms with van der Waals surface area (Å²) in [6.45, 7) is 10.3. The molecule has 13 heavy (non-hydrogen) atoms. The molecule has 74 valence electrons. The second-order valence-corrected chi connectivity index (χ2v) is 3.25. The average Bonchev–Trinajstić information content (AvgIpc) is 2.12. The number of rotatable bonds is 2. The molecule has 0 saturated heterocycles. The largest absolute Gasteiger partial charge is 0.258 e. The maximum absolute atomic E-state index is 4.26. The zero-order valence-electron chi connectivity index (χ0n) is 9.33. The van der Waals surface area contributed by atoms with Crippen LogP contribution in [0.2, 0.25) is 0 Å². The zero-order valence-corrected chi connectivity index (χ0v) is 9.33. The maximum atomic E-state index is 4.26. The topological polar surface area (TPSA) is 25.8 Å². The van der Waals surface area contributed by atoms with E-state index in [9.17, 15) is 0 Å². The van der Waals surface area contributed by atoms with Crippen molar-refractivity contribution in [1.29, 1.82) is 0 Å². The molecule has 0 aromatic carbocycles. The summed E-state index contributed by atoms with van der Waals surface area (Å²) >= 11 is 0. The third-order valence-corrected chi connectivity index (χ3v) is 1.45. The van der Waals surface area contributed by atoms with Crippen molar-refractivity contribution in [2.45, 2.75) is 41.0 Å². The van der Waals surface area contributed by atoms with Crippen molar-refractivity contribution in [2.75, 3.05) is 0 Å². The maximum Gasteiger partial charge on any atom is 0.0589 e. The molecular formula is C11H20N2. The molecule has 0 radical (unpaired) electrons. The van der Waals surface area contributed by atoms with Crippen LogP contribution in [0, 0.1) is 12.8 Å². The van der Waals surface area contributed by atoms with Gasteiger partial charge >= 0.3 is 0 Å². The third kappa shape index (κ3) is 5.34. The van der Waals surface area contributed by atoms with Crippen LogP contribution in [0.1, 0.15) is 39.1 Å². The van der Waals surface area contributed by atoms with Gasteiger partial charge in [0, 0.05) is 12.4 Å². The summed E-state index contributed by atoms with van der Waals surface area (Å²) in [7, 11) is 0. The Bertz CT molecular complexity index is 214. The quantitative estimate of drug-likeness (QED) is 0.699. The van der Waals surface area contributed by atoms with E-state index in [1.807, 2.05) is 33.2 Å². The number of hydrogen-bond donors (Lipinski definition) is 0. The molecule has 0 unspecified atom stereocenters. The lowest BCUT2D eigenvalue weighted by Gasteiger charge is -2.02. The molecule has 0 amide bonds. The molecule has 2 heteroatoms. The van der Waals surface area contributed by atoms with Gasteiger partial charge in [-0.05, 0) is 19.3 Å². The molecule has 0 aliphatic rings. The SMILES string of the molecule is CC.Cc1cnc(CC(C)C)cn1. The van der Waals surface area contributed by atoms with Crippen LogP contribution < -0.4 is 0 Å². The van der Waals surface area contributed by atoms with Crippen LogP contribution >= 0.6 is 0 Å². The van der Waals surface area contributed by atoms with Crippen molar-refractivity contribution in [2.24, 2.45) is 5.92 Å². The van der Waals surface area contributed by atoms with Gasteiger partial charge in [-0.25, -0.2) is 0 Å². The second kappa shape index (κ2) is 6.58. The standard InChI is InChI=1S/C9H14N2.C2H6/c1-7(2)4-9-6-10-8(3)5-11-9;1-2/h5-7H,4H2,1-3H3;1-2H3. The van der Waals surface area contributed by atoms with E-state index in [0.29, 0.717) is 5.92 Å². The van der Waals surface area contributed by atoms with E-state index in [1.165, 1.54) is 0 Å². The van der Waals surface area contributed by atoms with Crippen LogP contribution in [0.25, 0.3) is 0 Å². The molecular weight excluding hydrogens is 160 g/mol. The van der Waals surface area contributed by atoms with Crippen LogP contribution in [0.5, 0.6) is 0 Å². The predicted octanol–water partition coefficient (Wildman–Crippen LogP) is 3.01. The number of nitrogens with zero attached hydrogens (tertiary/aromatic N) is 2. The molecule has 1 aromatic rings. The minimum Gasteiger partial charge on any atom is -0.258 e. The van der Waals surface area contributed by atoms with Crippen molar-refractivity contribution in [3.05, 3.63) is 23.8 Å². The summed E-state index contributed by atoms with van der Waals surface area (Å²) in [5.74, 6) is 0.659. The Hall–Kier alpha value is -0.920. The Morgan fingerprint density at radius 3 is 2.15 bits per heavy atom. The lowest BCUT2D eigenvalue weighted by atomic mass is 10.1. The smallest absolute Gasteiger partial charge is 0.0589 e. The van der Waals surface area contributed by atoms with Crippen LogP contribution in [-0.4, -0.2) is 9.97 Å². The van der Waals surface area contributed by atoms with Crippen LogP contribution in [0.4, 0.5) is 0 Å².